The minimum atomic E-state index is -0.576. The molecule has 0 unspecified atom stereocenters. The van der Waals surface area contributed by atoms with Crippen molar-refractivity contribution in [3.63, 3.8) is 0 Å². The minimum absolute atomic E-state index is 0.0313. The largest absolute Gasteiger partial charge is 0.372 e. The van der Waals surface area contributed by atoms with E-state index >= 15 is 0 Å². The number of anilines is 1. The summed E-state index contributed by atoms with van der Waals surface area (Å²) >= 11 is 6.15. The van der Waals surface area contributed by atoms with Crippen LogP contribution >= 0.6 is 11.6 Å². The van der Waals surface area contributed by atoms with E-state index in [-0.39, 0.29) is 16.3 Å². The number of hydrogen-bond donors (Lipinski definition) is 2. The van der Waals surface area contributed by atoms with Crippen molar-refractivity contribution in [1.82, 2.24) is 15.7 Å². The van der Waals surface area contributed by atoms with E-state index in [1.807, 2.05) is 24.3 Å². The molecule has 2 amide bonds. The molecule has 2 aromatic carbocycles. The fourth-order valence-electron chi connectivity index (χ4n) is 3.21. The summed E-state index contributed by atoms with van der Waals surface area (Å²) in [6.07, 6.45) is 6.32. The van der Waals surface area contributed by atoms with E-state index in [4.69, 9.17) is 11.6 Å². The smallest absolute Gasteiger partial charge is 0.287 e. The third-order valence-corrected chi connectivity index (χ3v) is 5.34. The van der Waals surface area contributed by atoms with Gasteiger partial charge in [0, 0.05) is 36.7 Å². The van der Waals surface area contributed by atoms with E-state index in [2.05, 4.69) is 39.6 Å². The van der Waals surface area contributed by atoms with E-state index in [1.54, 1.807) is 54.9 Å². The monoisotopic (exact) mass is 475 g/mol. The highest BCUT2D eigenvalue weighted by Crippen LogP contribution is 2.18. The van der Waals surface area contributed by atoms with Gasteiger partial charge in [0.05, 0.1) is 16.8 Å². The molecule has 0 spiro atoms. The maximum absolute atomic E-state index is 12.9. The van der Waals surface area contributed by atoms with Gasteiger partial charge >= 0.3 is 0 Å². The molecule has 0 saturated heterocycles. The van der Waals surface area contributed by atoms with E-state index < -0.39 is 11.8 Å². The predicted molar refractivity (Wildman–Crippen MR) is 137 cm³/mol. The molecule has 0 radical (unpaired) electrons. The highest BCUT2D eigenvalue weighted by Gasteiger charge is 2.16. The lowest BCUT2D eigenvalue weighted by atomic mass is 10.1. The van der Waals surface area contributed by atoms with Crippen molar-refractivity contribution in [2.45, 2.75) is 13.8 Å². The normalized spacial score (nSPS) is 11.3. The lowest BCUT2D eigenvalue weighted by molar-refractivity contribution is -0.117. The van der Waals surface area contributed by atoms with E-state index in [9.17, 15) is 9.59 Å². The molecule has 2 N–H and O–H groups in total. The fourth-order valence-corrected chi connectivity index (χ4v) is 3.43. The van der Waals surface area contributed by atoms with Crippen LogP contribution in [0.15, 0.2) is 83.9 Å². The van der Waals surface area contributed by atoms with Gasteiger partial charge in [0.1, 0.15) is 5.70 Å². The van der Waals surface area contributed by atoms with Crippen molar-refractivity contribution in [2.75, 3.05) is 18.0 Å². The van der Waals surface area contributed by atoms with Gasteiger partial charge in [0.2, 0.25) is 0 Å². The number of hydrogen-bond acceptors (Lipinski definition) is 5. The van der Waals surface area contributed by atoms with Gasteiger partial charge < -0.3 is 10.2 Å². The van der Waals surface area contributed by atoms with Gasteiger partial charge in [-0.05, 0) is 55.8 Å². The first-order chi connectivity index (χ1) is 16.5. The van der Waals surface area contributed by atoms with Gasteiger partial charge in [-0.2, -0.15) is 5.10 Å². The first-order valence-corrected chi connectivity index (χ1v) is 11.3. The van der Waals surface area contributed by atoms with E-state index in [0.29, 0.717) is 0 Å². The van der Waals surface area contributed by atoms with Crippen LogP contribution in [-0.4, -0.2) is 36.1 Å². The molecule has 1 heterocycles. The topological polar surface area (TPSA) is 86.7 Å². The Kier molecular flexibility index (Phi) is 8.94. The zero-order chi connectivity index (χ0) is 24.3. The molecule has 0 aliphatic heterocycles. The molecule has 0 atom stereocenters. The zero-order valence-corrected chi connectivity index (χ0v) is 19.8. The van der Waals surface area contributed by atoms with Crippen LogP contribution in [0.3, 0.4) is 0 Å². The summed E-state index contributed by atoms with van der Waals surface area (Å²) in [5.74, 6) is -1.07. The zero-order valence-electron chi connectivity index (χ0n) is 19.0. The van der Waals surface area contributed by atoms with Crippen LogP contribution in [0.5, 0.6) is 0 Å². The Balaban J connectivity index is 1.84. The number of halogens is 1. The van der Waals surface area contributed by atoms with Crippen molar-refractivity contribution in [3.8, 4) is 0 Å². The summed E-state index contributed by atoms with van der Waals surface area (Å²) in [4.78, 5) is 31.9. The van der Waals surface area contributed by atoms with Crippen LogP contribution in [0.2, 0.25) is 5.02 Å². The Hall–Kier alpha value is -3.97. The molecule has 7 nitrogen and oxygen atoms in total. The summed E-state index contributed by atoms with van der Waals surface area (Å²) in [6.45, 7) is 5.97. The average molecular weight is 476 g/mol. The molecule has 0 aliphatic carbocycles. The lowest BCUT2D eigenvalue weighted by Crippen LogP contribution is -2.33. The molecular weight excluding hydrogens is 450 g/mol. The van der Waals surface area contributed by atoms with Gasteiger partial charge in [-0.25, -0.2) is 5.43 Å². The van der Waals surface area contributed by atoms with Gasteiger partial charge in [-0.1, -0.05) is 41.9 Å². The Morgan fingerprint density at radius 3 is 2.38 bits per heavy atom. The second-order valence-corrected chi connectivity index (χ2v) is 7.65. The number of hydrazone groups is 1. The SMILES string of the molecule is CCN(CC)c1ccc(C=C(NC(=O)c2ccccc2Cl)C(=O)NN=Cc2cccnc2)cc1. The number of nitrogens with one attached hydrogen (secondary N) is 2. The molecule has 3 rings (SSSR count). The lowest BCUT2D eigenvalue weighted by Gasteiger charge is -2.21. The third-order valence-electron chi connectivity index (χ3n) is 5.01. The Morgan fingerprint density at radius 2 is 1.74 bits per heavy atom. The van der Waals surface area contributed by atoms with Crippen molar-refractivity contribution < 1.29 is 9.59 Å². The van der Waals surface area contributed by atoms with Crippen molar-refractivity contribution in [3.05, 3.63) is 100 Å². The van der Waals surface area contributed by atoms with Gasteiger partial charge in [0.25, 0.3) is 11.8 Å². The van der Waals surface area contributed by atoms with Crippen LogP contribution in [0.1, 0.15) is 35.3 Å². The van der Waals surface area contributed by atoms with Gasteiger partial charge in [0.15, 0.2) is 0 Å². The highest BCUT2D eigenvalue weighted by molar-refractivity contribution is 6.34. The number of aromatic nitrogens is 1. The maximum atomic E-state index is 12.9. The summed E-state index contributed by atoms with van der Waals surface area (Å²) in [6, 6.07) is 17.9. The van der Waals surface area contributed by atoms with Crippen LogP contribution in [0.4, 0.5) is 5.69 Å². The third kappa shape index (κ3) is 6.76. The molecule has 1 aromatic heterocycles. The molecule has 0 bridgehead atoms. The summed E-state index contributed by atoms with van der Waals surface area (Å²) in [5, 5.41) is 6.92. The number of carbonyl (C=O) groups excluding carboxylic acids is 2. The predicted octanol–water partition coefficient (Wildman–Crippen LogP) is 4.50. The molecule has 174 valence electrons. The standard InChI is InChI=1S/C26H26ClN5O2/c1-3-32(4-2)21-13-11-19(12-14-21)16-24(30-25(33)22-9-5-6-10-23(22)27)26(34)31-29-18-20-8-7-15-28-17-20/h5-18H,3-4H2,1-2H3,(H,30,33)(H,31,34). The first kappa shape index (κ1) is 24.7. The second-order valence-electron chi connectivity index (χ2n) is 7.24. The van der Waals surface area contributed by atoms with Crippen LogP contribution in [0.25, 0.3) is 6.08 Å². The Morgan fingerprint density at radius 1 is 1.00 bits per heavy atom. The average Bonchev–Trinajstić information content (AvgIpc) is 2.86. The molecular formula is C26H26ClN5O2. The van der Waals surface area contributed by atoms with Crippen molar-refractivity contribution >= 4 is 41.4 Å². The molecule has 34 heavy (non-hydrogen) atoms. The summed E-state index contributed by atoms with van der Waals surface area (Å²) in [7, 11) is 0. The van der Waals surface area contributed by atoms with E-state index in [0.717, 1.165) is 29.9 Å². The number of benzene rings is 2. The maximum Gasteiger partial charge on any atom is 0.287 e. The fraction of sp³-hybridized carbons (Fsp3) is 0.154. The van der Waals surface area contributed by atoms with Gasteiger partial charge in [-0.3, -0.25) is 14.6 Å². The summed E-state index contributed by atoms with van der Waals surface area (Å²) < 4.78 is 0. The molecule has 3 aromatic rings. The van der Waals surface area contributed by atoms with Crippen LogP contribution in [-0.2, 0) is 4.79 Å². The molecule has 0 fully saturated rings. The first-order valence-electron chi connectivity index (χ1n) is 10.9. The van der Waals surface area contributed by atoms with Crippen LogP contribution < -0.4 is 15.6 Å². The highest BCUT2D eigenvalue weighted by atomic mass is 35.5. The number of amides is 2. The molecule has 8 heteroatoms. The molecule has 0 saturated carbocycles. The van der Waals surface area contributed by atoms with Gasteiger partial charge in [-0.15, -0.1) is 0 Å². The van der Waals surface area contributed by atoms with Crippen molar-refractivity contribution in [2.24, 2.45) is 5.10 Å². The number of pyridine rings is 1. The van der Waals surface area contributed by atoms with E-state index in [1.165, 1.54) is 6.21 Å². The number of rotatable bonds is 9. The Bertz CT molecular complexity index is 1170. The number of carbonyl (C=O) groups is 2. The molecule has 0 aliphatic rings. The quantitative estimate of drug-likeness (QED) is 0.271. The summed E-state index contributed by atoms with van der Waals surface area (Å²) in [5.41, 5.74) is 5.29. The second kappa shape index (κ2) is 12.3. The van der Waals surface area contributed by atoms with Crippen LogP contribution in [0, 0.1) is 0 Å². The Labute approximate surface area is 204 Å². The van der Waals surface area contributed by atoms with Crippen molar-refractivity contribution in [1.29, 1.82) is 0 Å². The number of nitrogens with zero attached hydrogens (tertiary/aromatic N) is 3. The minimum Gasteiger partial charge on any atom is -0.372 e.